The fourth-order valence-corrected chi connectivity index (χ4v) is 2.44. The maximum Gasteiger partial charge on any atom is 0.272 e. The number of rotatable bonds is 5. The average Bonchev–Trinajstić information content (AvgIpc) is 2.48. The molecule has 0 radical (unpaired) electrons. The molecule has 0 saturated carbocycles. The van der Waals surface area contributed by atoms with Gasteiger partial charge in [-0.15, -0.1) is 0 Å². The molecule has 21 heavy (non-hydrogen) atoms. The van der Waals surface area contributed by atoms with Gasteiger partial charge in [-0.25, -0.2) is 4.39 Å². The monoisotopic (exact) mass is 352 g/mol. The molecule has 0 aliphatic heterocycles. The highest BCUT2D eigenvalue weighted by molar-refractivity contribution is 9.10. The number of nitro benzene ring substituents is 1. The van der Waals surface area contributed by atoms with Gasteiger partial charge in [-0.2, -0.15) is 0 Å². The molecular formula is C15H14BrFN2O2. The van der Waals surface area contributed by atoms with Gasteiger partial charge in [-0.1, -0.05) is 24.3 Å². The zero-order valence-corrected chi connectivity index (χ0v) is 12.9. The van der Waals surface area contributed by atoms with E-state index in [0.29, 0.717) is 16.5 Å². The summed E-state index contributed by atoms with van der Waals surface area (Å²) in [6.45, 7) is 0. The number of nitro groups is 1. The van der Waals surface area contributed by atoms with Crippen molar-refractivity contribution in [2.45, 2.75) is 12.5 Å². The van der Waals surface area contributed by atoms with Crippen LogP contribution in [0.25, 0.3) is 0 Å². The Morgan fingerprint density at radius 2 is 2.05 bits per heavy atom. The van der Waals surface area contributed by atoms with Crippen LogP contribution >= 0.6 is 15.9 Å². The third-order valence-corrected chi connectivity index (χ3v) is 3.95. The smallest absolute Gasteiger partial charge is 0.272 e. The van der Waals surface area contributed by atoms with Gasteiger partial charge in [0.2, 0.25) is 0 Å². The van der Waals surface area contributed by atoms with E-state index < -0.39 is 4.92 Å². The van der Waals surface area contributed by atoms with Gasteiger partial charge < -0.3 is 5.32 Å². The van der Waals surface area contributed by atoms with E-state index >= 15 is 0 Å². The first-order chi connectivity index (χ1) is 10.0. The van der Waals surface area contributed by atoms with E-state index in [4.69, 9.17) is 0 Å². The van der Waals surface area contributed by atoms with E-state index in [9.17, 15) is 14.5 Å². The molecule has 4 nitrogen and oxygen atoms in total. The lowest BCUT2D eigenvalue weighted by atomic mass is 9.98. The van der Waals surface area contributed by atoms with Crippen LogP contribution in [0.4, 0.5) is 10.1 Å². The summed E-state index contributed by atoms with van der Waals surface area (Å²) in [5.74, 6) is -0.352. The van der Waals surface area contributed by atoms with Crippen molar-refractivity contribution in [2.75, 3.05) is 7.05 Å². The Morgan fingerprint density at radius 1 is 1.33 bits per heavy atom. The largest absolute Gasteiger partial charge is 0.313 e. The second-order valence-electron chi connectivity index (χ2n) is 4.60. The number of hydrogen-bond acceptors (Lipinski definition) is 3. The van der Waals surface area contributed by atoms with Crippen LogP contribution in [-0.2, 0) is 6.42 Å². The Bertz CT molecular complexity index is 664. The topological polar surface area (TPSA) is 55.2 Å². The predicted molar refractivity (Wildman–Crippen MR) is 82.7 cm³/mol. The SMILES string of the molecule is CNC(Cc1ccccc1[N+](=O)[O-])c1ccc(Br)c(F)c1. The van der Waals surface area contributed by atoms with Crippen molar-refractivity contribution in [3.8, 4) is 0 Å². The molecule has 0 spiro atoms. The Labute approximate surface area is 130 Å². The molecule has 0 aromatic heterocycles. The van der Waals surface area contributed by atoms with Gasteiger partial charge in [-0.3, -0.25) is 10.1 Å². The lowest BCUT2D eigenvalue weighted by Crippen LogP contribution is -2.19. The third-order valence-electron chi connectivity index (χ3n) is 3.31. The molecule has 0 fully saturated rings. The summed E-state index contributed by atoms with van der Waals surface area (Å²) in [5, 5.41) is 14.1. The lowest BCUT2D eigenvalue weighted by molar-refractivity contribution is -0.385. The van der Waals surface area contributed by atoms with Gasteiger partial charge in [0.15, 0.2) is 0 Å². The zero-order chi connectivity index (χ0) is 15.4. The summed E-state index contributed by atoms with van der Waals surface area (Å²) < 4.78 is 14.0. The Balaban J connectivity index is 2.31. The summed E-state index contributed by atoms with van der Waals surface area (Å²) >= 11 is 3.11. The number of nitrogens with one attached hydrogen (secondary N) is 1. The van der Waals surface area contributed by atoms with Crippen molar-refractivity contribution in [3.05, 3.63) is 74.0 Å². The molecule has 0 aliphatic carbocycles. The second-order valence-corrected chi connectivity index (χ2v) is 5.46. The molecule has 2 aromatic carbocycles. The average molecular weight is 353 g/mol. The first-order valence-electron chi connectivity index (χ1n) is 6.37. The van der Waals surface area contributed by atoms with Crippen LogP contribution in [-0.4, -0.2) is 12.0 Å². The van der Waals surface area contributed by atoms with Crippen LogP contribution in [0.2, 0.25) is 0 Å². The minimum atomic E-state index is -0.399. The van der Waals surface area contributed by atoms with Crippen molar-refractivity contribution in [2.24, 2.45) is 0 Å². The molecule has 0 heterocycles. The van der Waals surface area contributed by atoms with Crippen molar-refractivity contribution in [1.82, 2.24) is 5.32 Å². The number of nitrogens with zero attached hydrogens (tertiary/aromatic N) is 1. The maximum atomic E-state index is 13.6. The first-order valence-corrected chi connectivity index (χ1v) is 7.16. The number of hydrogen-bond donors (Lipinski definition) is 1. The van der Waals surface area contributed by atoms with Gasteiger partial charge in [0.25, 0.3) is 5.69 Å². The Morgan fingerprint density at radius 3 is 2.67 bits per heavy atom. The Hall–Kier alpha value is -1.79. The summed E-state index contributed by atoms with van der Waals surface area (Å²) in [6, 6.07) is 11.3. The van der Waals surface area contributed by atoms with E-state index in [1.165, 1.54) is 12.1 Å². The standard InChI is InChI=1S/C15H14BrFN2O2/c1-18-14(10-6-7-12(16)13(17)8-10)9-11-4-2-3-5-15(11)19(20)21/h2-8,14,18H,9H2,1H3. The highest BCUT2D eigenvalue weighted by Crippen LogP contribution is 2.26. The van der Waals surface area contributed by atoms with Crippen LogP contribution in [0.5, 0.6) is 0 Å². The van der Waals surface area contributed by atoms with Crippen molar-refractivity contribution < 1.29 is 9.31 Å². The zero-order valence-electron chi connectivity index (χ0n) is 11.3. The normalized spacial score (nSPS) is 12.1. The van der Waals surface area contributed by atoms with Gasteiger partial charge >= 0.3 is 0 Å². The summed E-state index contributed by atoms with van der Waals surface area (Å²) in [7, 11) is 1.75. The molecule has 110 valence electrons. The lowest BCUT2D eigenvalue weighted by Gasteiger charge is -2.17. The van der Waals surface area contributed by atoms with Crippen molar-refractivity contribution in [3.63, 3.8) is 0 Å². The molecule has 0 bridgehead atoms. The van der Waals surface area contributed by atoms with Crippen molar-refractivity contribution in [1.29, 1.82) is 0 Å². The molecule has 0 saturated heterocycles. The molecule has 0 aliphatic rings. The van der Waals surface area contributed by atoms with Crippen LogP contribution in [0.1, 0.15) is 17.2 Å². The number of halogens is 2. The molecular weight excluding hydrogens is 339 g/mol. The molecule has 6 heteroatoms. The van der Waals surface area contributed by atoms with Crippen molar-refractivity contribution >= 4 is 21.6 Å². The molecule has 2 rings (SSSR count). The number of para-hydroxylation sites is 1. The van der Waals surface area contributed by atoms with Gasteiger partial charge in [0, 0.05) is 17.7 Å². The van der Waals surface area contributed by atoms with E-state index in [1.807, 2.05) is 0 Å². The van der Waals surface area contributed by atoms with E-state index in [2.05, 4.69) is 21.2 Å². The van der Waals surface area contributed by atoms with E-state index in [1.54, 1.807) is 37.4 Å². The summed E-state index contributed by atoms with van der Waals surface area (Å²) in [6.07, 6.45) is 0.411. The minimum Gasteiger partial charge on any atom is -0.313 e. The molecule has 2 aromatic rings. The second kappa shape index (κ2) is 6.78. The summed E-state index contributed by atoms with van der Waals surface area (Å²) in [4.78, 5) is 10.6. The predicted octanol–water partition coefficient (Wildman–Crippen LogP) is 4.00. The van der Waals surface area contributed by atoms with Gasteiger partial charge in [0.1, 0.15) is 5.82 Å². The molecule has 1 N–H and O–H groups in total. The quantitative estimate of drug-likeness (QED) is 0.653. The summed E-state index contributed by atoms with van der Waals surface area (Å²) in [5.41, 5.74) is 1.44. The Kier molecular flexibility index (Phi) is 5.03. The molecule has 0 amide bonds. The number of likely N-dealkylation sites (N-methyl/N-ethyl adjacent to an activating group) is 1. The number of benzene rings is 2. The van der Waals surface area contributed by atoms with Crippen LogP contribution < -0.4 is 5.32 Å². The first kappa shape index (κ1) is 15.6. The van der Waals surface area contributed by atoms with E-state index in [-0.39, 0.29) is 17.5 Å². The fraction of sp³-hybridized carbons (Fsp3) is 0.200. The highest BCUT2D eigenvalue weighted by atomic mass is 79.9. The fourth-order valence-electron chi connectivity index (χ4n) is 2.20. The maximum absolute atomic E-state index is 13.6. The van der Waals surface area contributed by atoms with Crippen LogP contribution in [0.3, 0.4) is 0 Å². The van der Waals surface area contributed by atoms with Gasteiger partial charge in [0.05, 0.1) is 9.40 Å². The van der Waals surface area contributed by atoms with Crippen LogP contribution in [0.15, 0.2) is 46.9 Å². The molecule has 1 atom stereocenters. The third kappa shape index (κ3) is 3.65. The highest BCUT2D eigenvalue weighted by Gasteiger charge is 2.18. The van der Waals surface area contributed by atoms with E-state index in [0.717, 1.165) is 5.56 Å². The minimum absolute atomic E-state index is 0.0790. The van der Waals surface area contributed by atoms with Crippen LogP contribution in [0, 0.1) is 15.9 Å². The molecule has 1 unspecified atom stereocenters. The van der Waals surface area contributed by atoms with Gasteiger partial charge in [-0.05, 0) is 47.1 Å².